The highest BCUT2D eigenvalue weighted by Crippen LogP contribution is 2.29. The average Bonchev–Trinajstić information content (AvgIpc) is 2.32. The molecule has 0 aliphatic carbocycles. The number of halogens is 3. The number of pyridine rings is 1. The first-order valence-electron chi connectivity index (χ1n) is 6.36. The SMILES string of the molecule is Cc1cc(N(CC(F)(F)F)C(C)C)c(/C(N)=N/O)c(C)n1. The average molecular weight is 304 g/mol. The van der Waals surface area contributed by atoms with Crippen LogP contribution in [0.3, 0.4) is 0 Å². The molecule has 3 N–H and O–H groups in total. The lowest BCUT2D eigenvalue weighted by atomic mass is 10.1. The Labute approximate surface area is 121 Å². The zero-order valence-corrected chi connectivity index (χ0v) is 12.4. The molecule has 1 aromatic heterocycles. The molecule has 1 heterocycles. The largest absolute Gasteiger partial charge is 0.409 e. The van der Waals surface area contributed by atoms with E-state index in [2.05, 4.69) is 10.1 Å². The summed E-state index contributed by atoms with van der Waals surface area (Å²) in [5.74, 6) is -0.261. The topological polar surface area (TPSA) is 74.7 Å². The van der Waals surface area contributed by atoms with Gasteiger partial charge in [-0.3, -0.25) is 4.98 Å². The third-order valence-electron chi connectivity index (χ3n) is 2.95. The lowest BCUT2D eigenvalue weighted by Gasteiger charge is -2.32. The highest BCUT2D eigenvalue weighted by molar-refractivity contribution is 6.03. The summed E-state index contributed by atoms with van der Waals surface area (Å²) in [6.07, 6.45) is -4.36. The summed E-state index contributed by atoms with van der Waals surface area (Å²) < 4.78 is 38.4. The number of amidine groups is 1. The van der Waals surface area contributed by atoms with Gasteiger partial charge in [-0.2, -0.15) is 13.2 Å². The fourth-order valence-corrected chi connectivity index (χ4v) is 2.14. The number of nitrogens with two attached hydrogens (primary N) is 1. The minimum absolute atomic E-state index is 0.209. The number of aromatic nitrogens is 1. The molecule has 0 saturated heterocycles. The van der Waals surface area contributed by atoms with E-state index in [-0.39, 0.29) is 17.1 Å². The van der Waals surface area contributed by atoms with Gasteiger partial charge in [-0.25, -0.2) is 0 Å². The fourth-order valence-electron chi connectivity index (χ4n) is 2.14. The van der Waals surface area contributed by atoms with E-state index in [0.717, 1.165) is 4.90 Å². The van der Waals surface area contributed by atoms with E-state index in [4.69, 9.17) is 10.9 Å². The Bertz CT molecular complexity index is 541. The van der Waals surface area contributed by atoms with Gasteiger partial charge in [0.05, 0.1) is 16.9 Å². The van der Waals surface area contributed by atoms with Gasteiger partial charge in [-0.15, -0.1) is 0 Å². The fraction of sp³-hybridized carbons (Fsp3) is 0.538. The van der Waals surface area contributed by atoms with E-state index in [1.165, 1.54) is 6.07 Å². The molecule has 1 aromatic rings. The van der Waals surface area contributed by atoms with E-state index < -0.39 is 18.8 Å². The van der Waals surface area contributed by atoms with E-state index in [1.54, 1.807) is 27.7 Å². The highest BCUT2D eigenvalue weighted by atomic mass is 19.4. The van der Waals surface area contributed by atoms with E-state index in [9.17, 15) is 13.2 Å². The highest BCUT2D eigenvalue weighted by Gasteiger charge is 2.33. The number of rotatable bonds is 4. The maximum Gasteiger partial charge on any atom is 0.405 e. The summed E-state index contributed by atoms with van der Waals surface area (Å²) in [4.78, 5) is 5.32. The van der Waals surface area contributed by atoms with Gasteiger partial charge in [0.25, 0.3) is 0 Å². The van der Waals surface area contributed by atoms with Crippen LogP contribution in [0.15, 0.2) is 11.2 Å². The van der Waals surface area contributed by atoms with Crippen molar-refractivity contribution in [2.45, 2.75) is 39.9 Å². The van der Waals surface area contributed by atoms with E-state index in [1.807, 2.05) is 0 Å². The number of nitrogens with zero attached hydrogens (tertiary/aromatic N) is 3. The smallest absolute Gasteiger partial charge is 0.405 e. The van der Waals surface area contributed by atoms with Gasteiger partial charge in [-0.1, -0.05) is 5.16 Å². The van der Waals surface area contributed by atoms with Crippen LogP contribution in [0.5, 0.6) is 0 Å². The normalized spacial score (nSPS) is 12.9. The van der Waals surface area contributed by atoms with Crippen LogP contribution < -0.4 is 10.6 Å². The van der Waals surface area contributed by atoms with Crippen molar-refractivity contribution in [1.82, 2.24) is 4.98 Å². The van der Waals surface area contributed by atoms with Crippen LogP contribution in [0.25, 0.3) is 0 Å². The molecule has 118 valence electrons. The molecular weight excluding hydrogens is 285 g/mol. The second-order valence-corrected chi connectivity index (χ2v) is 5.07. The lowest BCUT2D eigenvalue weighted by molar-refractivity contribution is -0.120. The summed E-state index contributed by atoms with van der Waals surface area (Å²) in [5, 5.41) is 11.7. The minimum Gasteiger partial charge on any atom is -0.409 e. The van der Waals surface area contributed by atoms with E-state index >= 15 is 0 Å². The monoisotopic (exact) mass is 304 g/mol. The predicted molar refractivity (Wildman–Crippen MR) is 74.8 cm³/mol. The molecule has 1 rings (SSSR count). The summed E-state index contributed by atoms with van der Waals surface area (Å²) in [5.41, 5.74) is 7.03. The first-order chi connectivity index (χ1) is 9.56. The molecule has 0 unspecified atom stereocenters. The van der Waals surface area contributed by atoms with Crippen molar-refractivity contribution in [2.24, 2.45) is 10.9 Å². The van der Waals surface area contributed by atoms with Gasteiger partial charge >= 0.3 is 6.18 Å². The number of aryl methyl sites for hydroxylation is 2. The number of anilines is 1. The van der Waals surface area contributed by atoms with Crippen LogP contribution in [-0.4, -0.2) is 34.8 Å². The number of hydrogen-bond donors (Lipinski definition) is 2. The molecule has 0 atom stereocenters. The van der Waals surface area contributed by atoms with Crippen molar-refractivity contribution < 1.29 is 18.4 Å². The van der Waals surface area contributed by atoms with Crippen LogP contribution in [0.1, 0.15) is 30.8 Å². The lowest BCUT2D eigenvalue weighted by Crippen LogP contribution is -2.40. The Hall–Kier alpha value is -1.99. The Balaban J connectivity index is 3.50. The number of oxime groups is 1. The molecule has 0 aliphatic rings. The predicted octanol–water partition coefficient (Wildman–Crippen LogP) is 2.57. The van der Waals surface area contributed by atoms with Gasteiger partial charge in [0, 0.05) is 11.7 Å². The molecule has 0 aromatic carbocycles. The molecule has 21 heavy (non-hydrogen) atoms. The maximum absolute atomic E-state index is 12.8. The second-order valence-electron chi connectivity index (χ2n) is 5.07. The van der Waals surface area contributed by atoms with Crippen molar-refractivity contribution >= 4 is 11.5 Å². The third-order valence-corrected chi connectivity index (χ3v) is 2.95. The molecule has 5 nitrogen and oxygen atoms in total. The summed E-state index contributed by atoms with van der Waals surface area (Å²) in [6, 6.07) is 1.09. The summed E-state index contributed by atoms with van der Waals surface area (Å²) in [6.45, 7) is 5.45. The summed E-state index contributed by atoms with van der Waals surface area (Å²) in [7, 11) is 0. The first-order valence-corrected chi connectivity index (χ1v) is 6.36. The molecule has 0 aliphatic heterocycles. The zero-order valence-electron chi connectivity index (χ0n) is 12.4. The van der Waals surface area contributed by atoms with Crippen molar-refractivity contribution in [3.8, 4) is 0 Å². The summed E-state index contributed by atoms with van der Waals surface area (Å²) >= 11 is 0. The Morgan fingerprint density at radius 1 is 1.43 bits per heavy atom. The molecule has 0 spiro atoms. The van der Waals surface area contributed by atoms with Gasteiger partial charge in [0.1, 0.15) is 6.54 Å². The van der Waals surface area contributed by atoms with Gasteiger partial charge in [0.15, 0.2) is 5.84 Å². The molecule has 0 fully saturated rings. The molecule has 8 heteroatoms. The number of alkyl halides is 3. The van der Waals surface area contributed by atoms with Crippen LogP contribution in [0, 0.1) is 13.8 Å². The third kappa shape index (κ3) is 4.24. The van der Waals surface area contributed by atoms with Crippen molar-refractivity contribution in [1.29, 1.82) is 0 Å². The Morgan fingerprint density at radius 2 is 2.00 bits per heavy atom. The molecule has 0 radical (unpaired) electrons. The first kappa shape index (κ1) is 17.1. The molecular formula is C13H19F3N4O. The number of hydrogen-bond acceptors (Lipinski definition) is 4. The van der Waals surface area contributed by atoms with Gasteiger partial charge in [-0.05, 0) is 33.8 Å². The van der Waals surface area contributed by atoms with Crippen LogP contribution in [-0.2, 0) is 0 Å². The zero-order chi connectivity index (χ0) is 16.4. The van der Waals surface area contributed by atoms with Crippen molar-refractivity contribution in [3.05, 3.63) is 23.0 Å². The van der Waals surface area contributed by atoms with Crippen molar-refractivity contribution in [2.75, 3.05) is 11.4 Å². The molecule has 0 amide bonds. The molecule has 0 saturated carbocycles. The minimum atomic E-state index is -4.36. The Kier molecular flexibility index (Phi) is 5.03. The maximum atomic E-state index is 12.8. The Morgan fingerprint density at radius 3 is 2.43 bits per heavy atom. The van der Waals surface area contributed by atoms with Crippen molar-refractivity contribution in [3.63, 3.8) is 0 Å². The second kappa shape index (κ2) is 6.19. The molecule has 0 bridgehead atoms. The van der Waals surface area contributed by atoms with Crippen LogP contribution in [0.2, 0.25) is 0 Å². The van der Waals surface area contributed by atoms with Crippen LogP contribution in [0.4, 0.5) is 18.9 Å². The van der Waals surface area contributed by atoms with Gasteiger partial charge in [0.2, 0.25) is 0 Å². The quantitative estimate of drug-likeness (QED) is 0.388. The van der Waals surface area contributed by atoms with E-state index in [0.29, 0.717) is 11.4 Å². The standard InChI is InChI=1S/C13H19F3N4O/c1-7(2)20(6-13(14,15)16)10-5-8(3)18-9(4)11(10)12(17)19-21/h5,7,21H,6H2,1-4H3,(H2,17,19). The van der Waals surface area contributed by atoms with Crippen LogP contribution >= 0.6 is 0 Å². The van der Waals surface area contributed by atoms with Gasteiger partial charge < -0.3 is 15.8 Å².